The molecule has 0 saturated carbocycles. The Balaban J connectivity index is 1.39. The zero-order valence-electron chi connectivity index (χ0n) is 17.9. The van der Waals surface area contributed by atoms with Crippen LogP contribution in [0, 0.1) is 0 Å². The molecule has 2 aromatic carbocycles. The van der Waals surface area contributed by atoms with Gasteiger partial charge in [0.25, 0.3) is 11.8 Å². The number of benzene rings is 2. The molecule has 4 rings (SSSR count). The number of amides is 2. The van der Waals surface area contributed by atoms with Crippen molar-refractivity contribution in [3.63, 3.8) is 0 Å². The summed E-state index contributed by atoms with van der Waals surface area (Å²) in [6.45, 7) is 5.02. The minimum atomic E-state index is -0.523. The predicted molar refractivity (Wildman–Crippen MR) is 121 cm³/mol. The SMILES string of the molecule is CC1CN(Cc2ccc(C(=O)NO)cc2)CCN1C(=O)c1cccc(-c2ccncc2)c1. The van der Waals surface area contributed by atoms with Gasteiger partial charge in [-0.1, -0.05) is 24.3 Å². The van der Waals surface area contributed by atoms with E-state index in [0.717, 1.165) is 36.3 Å². The maximum absolute atomic E-state index is 13.2. The molecule has 2 amide bonds. The lowest BCUT2D eigenvalue weighted by molar-refractivity contribution is 0.0475. The van der Waals surface area contributed by atoms with Crippen molar-refractivity contribution < 1.29 is 14.8 Å². The number of hydrogen-bond donors (Lipinski definition) is 2. The van der Waals surface area contributed by atoms with Gasteiger partial charge in [-0.25, -0.2) is 5.48 Å². The van der Waals surface area contributed by atoms with Crippen LogP contribution in [0.1, 0.15) is 33.2 Å². The topological polar surface area (TPSA) is 85.8 Å². The van der Waals surface area contributed by atoms with E-state index in [0.29, 0.717) is 17.7 Å². The Morgan fingerprint density at radius 2 is 1.75 bits per heavy atom. The highest BCUT2D eigenvalue weighted by atomic mass is 16.5. The van der Waals surface area contributed by atoms with Crippen LogP contribution in [0.4, 0.5) is 0 Å². The molecule has 7 nitrogen and oxygen atoms in total. The number of piperazine rings is 1. The molecule has 32 heavy (non-hydrogen) atoms. The number of hydroxylamine groups is 1. The average molecular weight is 431 g/mol. The van der Waals surface area contributed by atoms with Gasteiger partial charge < -0.3 is 4.90 Å². The summed E-state index contributed by atoms with van der Waals surface area (Å²) in [4.78, 5) is 33.0. The second-order valence-corrected chi connectivity index (χ2v) is 8.04. The summed E-state index contributed by atoms with van der Waals surface area (Å²) in [6.07, 6.45) is 3.50. The molecule has 1 aromatic heterocycles. The van der Waals surface area contributed by atoms with Crippen LogP contribution in [-0.2, 0) is 6.54 Å². The smallest absolute Gasteiger partial charge is 0.274 e. The van der Waals surface area contributed by atoms with Crippen molar-refractivity contribution >= 4 is 11.8 Å². The third-order valence-electron chi connectivity index (χ3n) is 5.82. The highest BCUT2D eigenvalue weighted by Crippen LogP contribution is 2.22. The first-order valence-electron chi connectivity index (χ1n) is 10.6. The Labute approximate surface area is 187 Å². The number of rotatable bonds is 5. The first-order chi connectivity index (χ1) is 15.5. The Bertz CT molecular complexity index is 1090. The van der Waals surface area contributed by atoms with Gasteiger partial charge in [0, 0.05) is 55.7 Å². The van der Waals surface area contributed by atoms with Gasteiger partial charge in [0.2, 0.25) is 0 Å². The summed E-state index contributed by atoms with van der Waals surface area (Å²) in [6, 6.07) is 18.9. The number of carbonyl (C=O) groups excluding carboxylic acids is 2. The largest absolute Gasteiger partial charge is 0.333 e. The summed E-state index contributed by atoms with van der Waals surface area (Å²) in [7, 11) is 0. The van der Waals surface area contributed by atoms with Gasteiger partial charge >= 0.3 is 0 Å². The molecule has 0 radical (unpaired) electrons. The van der Waals surface area contributed by atoms with Crippen LogP contribution in [-0.4, -0.2) is 57.5 Å². The minimum Gasteiger partial charge on any atom is -0.333 e. The lowest BCUT2D eigenvalue weighted by atomic mass is 10.0. The summed E-state index contributed by atoms with van der Waals surface area (Å²) < 4.78 is 0. The molecule has 0 aliphatic carbocycles. The molecular formula is C25H26N4O3. The molecule has 1 aliphatic rings. The van der Waals surface area contributed by atoms with Gasteiger partial charge in [0.1, 0.15) is 0 Å². The standard InChI is InChI=1S/C25H26N4O3/c1-18-16-28(17-19-5-7-21(8-6-19)24(30)27-32)13-14-29(18)25(31)23-4-2-3-22(15-23)20-9-11-26-12-10-20/h2-12,15,18,32H,13-14,16-17H2,1H3,(H,27,30). The molecule has 0 bridgehead atoms. The highest BCUT2D eigenvalue weighted by molar-refractivity contribution is 5.96. The van der Waals surface area contributed by atoms with Crippen LogP contribution >= 0.6 is 0 Å². The molecule has 1 saturated heterocycles. The van der Waals surface area contributed by atoms with E-state index in [2.05, 4.69) is 16.8 Å². The third-order valence-corrected chi connectivity index (χ3v) is 5.82. The van der Waals surface area contributed by atoms with Gasteiger partial charge in [-0.15, -0.1) is 0 Å². The summed E-state index contributed by atoms with van der Waals surface area (Å²) in [5, 5.41) is 8.73. The zero-order chi connectivity index (χ0) is 22.5. The van der Waals surface area contributed by atoms with Gasteiger partial charge in [0.15, 0.2) is 0 Å². The molecule has 1 atom stereocenters. The molecule has 2 heterocycles. The maximum Gasteiger partial charge on any atom is 0.274 e. The number of hydrogen-bond acceptors (Lipinski definition) is 5. The van der Waals surface area contributed by atoms with E-state index in [1.165, 1.54) is 0 Å². The van der Waals surface area contributed by atoms with Crippen molar-refractivity contribution in [2.24, 2.45) is 0 Å². The van der Waals surface area contributed by atoms with Crippen molar-refractivity contribution in [2.45, 2.75) is 19.5 Å². The summed E-state index contributed by atoms with van der Waals surface area (Å²) in [5.74, 6) is -0.474. The van der Waals surface area contributed by atoms with Crippen LogP contribution in [0.5, 0.6) is 0 Å². The Hall–Kier alpha value is -3.55. The second-order valence-electron chi connectivity index (χ2n) is 8.04. The van der Waals surface area contributed by atoms with E-state index in [9.17, 15) is 9.59 Å². The number of aromatic nitrogens is 1. The Kier molecular flexibility index (Phi) is 6.58. The fourth-order valence-corrected chi connectivity index (χ4v) is 4.10. The molecular weight excluding hydrogens is 404 g/mol. The van der Waals surface area contributed by atoms with Gasteiger partial charge in [-0.2, -0.15) is 0 Å². The predicted octanol–water partition coefficient (Wildman–Crippen LogP) is 3.21. The quantitative estimate of drug-likeness (QED) is 0.480. The first-order valence-corrected chi connectivity index (χ1v) is 10.6. The van der Waals surface area contributed by atoms with E-state index in [1.807, 2.05) is 53.4 Å². The Morgan fingerprint density at radius 3 is 2.44 bits per heavy atom. The molecule has 1 aliphatic heterocycles. The fraction of sp³-hybridized carbons (Fsp3) is 0.240. The van der Waals surface area contributed by atoms with Gasteiger partial charge in [-0.3, -0.25) is 24.7 Å². The zero-order valence-corrected chi connectivity index (χ0v) is 17.9. The van der Waals surface area contributed by atoms with Gasteiger partial charge in [-0.05, 0) is 60.0 Å². The van der Waals surface area contributed by atoms with Crippen molar-refractivity contribution in [1.29, 1.82) is 0 Å². The van der Waals surface area contributed by atoms with E-state index >= 15 is 0 Å². The molecule has 3 aromatic rings. The third kappa shape index (κ3) is 4.85. The molecule has 164 valence electrons. The van der Waals surface area contributed by atoms with Crippen LogP contribution in [0.2, 0.25) is 0 Å². The molecule has 1 unspecified atom stereocenters. The molecule has 0 spiro atoms. The van der Waals surface area contributed by atoms with E-state index in [4.69, 9.17) is 5.21 Å². The minimum absolute atomic E-state index is 0.0485. The average Bonchev–Trinajstić information content (AvgIpc) is 2.84. The van der Waals surface area contributed by atoms with Crippen LogP contribution < -0.4 is 5.48 Å². The summed E-state index contributed by atoms with van der Waals surface area (Å²) >= 11 is 0. The lowest BCUT2D eigenvalue weighted by Gasteiger charge is -2.40. The number of pyridine rings is 1. The normalized spacial score (nSPS) is 16.6. The van der Waals surface area contributed by atoms with E-state index in [-0.39, 0.29) is 11.9 Å². The van der Waals surface area contributed by atoms with Gasteiger partial charge in [0.05, 0.1) is 0 Å². The highest BCUT2D eigenvalue weighted by Gasteiger charge is 2.28. The Morgan fingerprint density at radius 1 is 1.00 bits per heavy atom. The van der Waals surface area contributed by atoms with E-state index in [1.54, 1.807) is 30.0 Å². The molecule has 2 N–H and O–H groups in total. The number of carbonyl (C=O) groups is 2. The van der Waals surface area contributed by atoms with Crippen molar-refractivity contribution in [1.82, 2.24) is 20.3 Å². The van der Waals surface area contributed by atoms with Crippen molar-refractivity contribution in [3.8, 4) is 11.1 Å². The van der Waals surface area contributed by atoms with Crippen molar-refractivity contribution in [2.75, 3.05) is 19.6 Å². The first kappa shape index (κ1) is 21.7. The monoisotopic (exact) mass is 430 g/mol. The van der Waals surface area contributed by atoms with Crippen LogP contribution in [0.25, 0.3) is 11.1 Å². The lowest BCUT2D eigenvalue weighted by Crippen LogP contribution is -2.53. The van der Waals surface area contributed by atoms with E-state index < -0.39 is 5.91 Å². The molecule has 7 heteroatoms. The fourth-order valence-electron chi connectivity index (χ4n) is 4.10. The maximum atomic E-state index is 13.2. The van der Waals surface area contributed by atoms with Crippen molar-refractivity contribution in [3.05, 3.63) is 89.7 Å². The molecule has 1 fully saturated rings. The number of nitrogens with one attached hydrogen (secondary N) is 1. The van der Waals surface area contributed by atoms with Crippen LogP contribution in [0.3, 0.4) is 0 Å². The van der Waals surface area contributed by atoms with Crippen LogP contribution in [0.15, 0.2) is 73.1 Å². The number of nitrogens with zero attached hydrogens (tertiary/aromatic N) is 3. The second kappa shape index (κ2) is 9.72. The summed E-state index contributed by atoms with van der Waals surface area (Å²) in [5.41, 5.74) is 5.86.